The van der Waals surface area contributed by atoms with Gasteiger partial charge in [-0.2, -0.15) is 0 Å². The molecular weight excluding hydrogens is 407 g/mol. The van der Waals surface area contributed by atoms with Gasteiger partial charge in [-0.1, -0.05) is 30.2 Å². The van der Waals surface area contributed by atoms with E-state index in [0.29, 0.717) is 10.5 Å². The number of phenolic OH excluding ortho intramolecular Hbond substituents is 2. The molecule has 0 fully saturated rings. The second-order valence-corrected chi connectivity index (χ2v) is 8.56. The summed E-state index contributed by atoms with van der Waals surface area (Å²) >= 11 is 0. The number of rotatable bonds is 4. The second kappa shape index (κ2) is 11.8. The monoisotopic (exact) mass is 437 g/mol. The van der Waals surface area contributed by atoms with Gasteiger partial charge in [-0.25, -0.2) is 13.2 Å². The minimum Gasteiger partial charge on any atom is -0.504 e. The topological polar surface area (TPSA) is 82.0 Å². The lowest BCUT2D eigenvalue weighted by Gasteiger charge is -2.32. The Bertz CT molecular complexity index is 776. The Balaban J connectivity index is 0.00000116. The Morgan fingerprint density at radius 2 is 1.59 bits per heavy atom. The molecule has 0 aliphatic rings. The first-order valence-electron chi connectivity index (χ1n) is 8.82. The van der Waals surface area contributed by atoms with Gasteiger partial charge >= 0.3 is 0 Å². The van der Waals surface area contributed by atoms with E-state index in [0.717, 1.165) is 12.5 Å². The van der Waals surface area contributed by atoms with Crippen molar-refractivity contribution >= 4 is 16.0 Å². The van der Waals surface area contributed by atoms with Crippen molar-refractivity contribution in [2.75, 3.05) is 18.8 Å². The van der Waals surface area contributed by atoms with Crippen LogP contribution in [0.1, 0.15) is 31.9 Å². The normalized spacial score (nSPS) is 13.4. The lowest BCUT2D eigenvalue weighted by Crippen LogP contribution is -2.05. The third-order valence-corrected chi connectivity index (χ3v) is 5.97. The van der Waals surface area contributed by atoms with Crippen LogP contribution in [0.5, 0.6) is 11.5 Å². The van der Waals surface area contributed by atoms with Crippen LogP contribution in [-0.4, -0.2) is 34.6 Å². The van der Waals surface area contributed by atoms with E-state index in [1.54, 1.807) is 19.9 Å². The Kier molecular flexibility index (Phi) is 10.9. The molecular formula is C20H30F3NO4S. The first kappa shape index (κ1) is 26.9. The predicted molar refractivity (Wildman–Crippen MR) is 112 cm³/mol. The molecule has 0 aliphatic carbocycles. The van der Waals surface area contributed by atoms with Gasteiger partial charge in [-0.3, -0.25) is 10.3 Å². The minimum absolute atomic E-state index is 0.0837. The molecule has 0 aromatic heterocycles. The number of hydrogen-bond acceptors (Lipinski definition) is 5. The van der Waals surface area contributed by atoms with Gasteiger partial charge in [0, 0.05) is 4.90 Å². The van der Waals surface area contributed by atoms with Crippen LogP contribution in [0.2, 0.25) is 0 Å². The highest BCUT2D eigenvalue weighted by Gasteiger charge is 2.28. The van der Waals surface area contributed by atoms with E-state index in [-0.39, 0.29) is 10.6 Å². The molecule has 2 rings (SSSR count). The van der Waals surface area contributed by atoms with Crippen LogP contribution in [0.4, 0.5) is 18.9 Å². The third-order valence-electron chi connectivity index (χ3n) is 3.51. The number of aromatic hydroxyl groups is 2. The fourth-order valence-electron chi connectivity index (χ4n) is 2.53. The standard InChI is InChI=1S/C16H20FNO4S.C2H4F2.C2H6/c1-9-5-10(2)16(12(17)6-9)23(4,21)11-7-13(18-22-3)15(20)14(19)8-11;1-2(3)4;1-2/h5-8,18-21H,1-4H3;2H,1H3;1-2H3. The van der Waals surface area contributed by atoms with Crippen molar-refractivity contribution in [3.63, 3.8) is 0 Å². The fraction of sp³-hybridized carbons (Fsp3) is 0.400. The summed E-state index contributed by atoms with van der Waals surface area (Å²) in [5.74, 6) is -1.34. The summed E-state index contributed by atoms with van der Waals surface area (Å²) in [6.07, 6.45) is -0.657. The quantitative estimate of drug-likeness (QED) is 0.326. The maximum Gasteiger partial charge on any atom is 0.235 e. The molecule has 1 unspecified atom stereocenters. The third kappa shape index (κ3) is 7.34. The molecule has 4 N–H and O–H groups in total. The Morgan fingerprint density at radius 1 is 1.07 bits per heavy atom. The number of anilines is 1. The van der Waals surface area contributed by atoms with Crippen molar-refractivity contribution in [3.8, 4) is 11.5 Å². The molecule has 0 saturated carbocycles. The maximum atomic E-state index is 14.4. The van der Waals surface area contributed by atoms with Gasteiger partial charge in [0.05, 0.1) is 12.0 Å². The molecule has 0 spiro atoms. The van der Waals surface area contributed by atoms with E-state index in [4.69, 9.17) is 4.84 Å². The maximum absolute atomic E-state index is 14.4. The molecule has 0 radical (unpaired) electrons. The zero-order valence-corrected chi connectivity index (χ0v) is 18.5. The lowest BCUT2D eigenvalue weighted by molar-refractivity contribution is 0.171. The van der Waals surface area contributed by atoms with Gasteiger partial charge in [0.25, 0.3) is 0 Å². The van der Waals surface area contributed by atoms with Crippen molar-refractivity contribution in [2.24, 2.45) is 0 Å². The molecule has 29 heavy (non-hydrogen) atoms. The number of hydrogen-bond donors (Lipinski definition) is 4. The average Bonchev–Trinajstić information content (AvgIpc) is 2.59. The highest BCUT2D eigenvalue weighted by atomic mass is 32.3. The van der Waals surface area contributed by atoms with E-state index < -0.39 is 34.1 Å². The summed E-state index contributed by atoms with van der Waals surface area (Å²) in [4.78, 5) is 5.21. The summed E-state index contributed by atoms with van der Waals surface area (Å²) in [5.41, 5.74) is 3.88. The highest BCUT2D eigenvalue weighted by Crippen LogP contribution is 2.60. The zero-order chi connectivity index (χ0) is 22.9. The molecule has 5 nitrogen and oxygen atoms in total. The number of nitrogens with one attached hydrogen (secondary N) is 1. The van der Waals surface area contributed by atoms with Crippen LogP contribution in [0.3, 0.4) is 0 Å². The Hall–Kier alpha value is -2.10. The van der Waals surface area contributed by atoms with Crippen LogP contribution >= 0.6 is 10.3 Å². The lowest BCUT2D eigenvalue weighted by atomic mass is 10.1. The molecule has 0 heterocycles. The summed E-state index contributed by atoms with van der Waals surface area (Å²) < 4.78 is 46.1. The highest BCUT2D eigenvalue weighted by molar-refractivity contribution is 8.28. The summed E-state index contributed by atoms with van der Waals surface area (Å²) in [5, 5.41) is 19.7. The van der Waals surface area contributed by atoms with E-state index in [9.17, 15) is 27.9 Å². The smallest absolute Gasteiger partial charge is 0.235 e. The first-order valence-corrected chi connectivity index (χ1v) is 10.8. The van der Waals surface area contributed by atoms with Gasteiger partial charge in [0.15, 0.2) is 11.5 Å². The van der Waals surface area contributed by atoms with Crippen LogP contribution in [0.25, 0.3) is 0 Å². The molecule has 9 heteroatoms. The molecule has 0 amide bonds. The van der Waals surface area contributed by atoms with Crippen LogP contribution in [0, 0.1) is 19.7 Å². The largest absolute Gasteiger partial charge is 0.504 e. The van der Waals surface area contributed by atoms with Crippen LogP contribution in [0.15, 0.2) is 34.1 Å². The van der Waals surface area contributed by atoms with Gasteiger partial charge in [-0.15, -0.1) is 0 Å². The second-order valence-electron chi connectivity index (χ2n) is 5.93. The van der Waals surface area contributed by atoms with E-state index in [1.165, 1.54) is 31.6 Å². The van der Waals surface area contributed by atoms with E-state index in [2.05, 4.69) is 5.48 Å². The van der Waals surface area contributed by atoms with Gasteiger partial charge < -0.3 is 14.8 Å². The van der Waals surface area contributed by atoms with Crippen molar-refractivity contribution in [2.45, 2.75) is 50.8 Å². The van der Waals surface area contributed by atoms with Crippen LogP contribution in [-0.2, 0) is 4.84 Å². The molecule has 2 aromatic carbocycles. The van der Waals surface area contributed by atoms with Gasteiger partial charge in [0.1, 0.15) is 11.5 Å². The first-order chi connectivity index (χ1) is 13.4. The number of aryl methyl sites for hydroxylation is 2. The average molecular weight is 438 g/mol. The summed E-state index contributed by atoms with van der Waals surface area (Å²) in [6, 6.07) is 5.80. The van der Waals surface area contributed by atoms with Crippen molar-refractivity contribution in [1.82, 2.24) is 0 Å². The Morgan fingerprint density at radius 3 is 2.03 bits per heavy atom. The fourth-order valence-corrected chi connectivity index (χ4v) is 4.58. The molecule has 0 aliphatic heterocycles. The molecule has 1 atom stereocenters. The van der Waals surface area contributed by atoms with E-state index in [1.807, 2.05) is 13.8 Å². The zero-order valence-electron chi connectivity index (χ0n) is 17.7. The Labute approximate surface area is 171 Å². The molecule has 0 saturated heterocycles. The molecule has 2 aromatic rings. The molecule has 0 bridgehead atoms. The van der Waals surface area contributed by atoms with Crippen molar-refractivity contribution < 1.29 is 32.8 Å². The van der Waals surface area contributed by atoms with Crippen molar-refractivity contribution in [3.05, 3.63) is 41.2 Å². The number of alkyl halides is 2. The van der Waals surface area contributed by atoms with Gasteiger partial charge in [-0.05, 0) is 56.4 Å². The van der Waals surface area contributed by atoms with Crippen LogP contribution < -0.4 is 5.48 Å². The molecule has 166 valence electrons. The number of halogens is 3. The number of phenols is 2. The summed E-state index contributed by atoms with van der Waals surface area (Å²) in [6.45, 7) is 8.33. The SMILES string of the molecule is CC.CC(F)F.CONc1cc(S(C)(O)c2c(C)cc(C)cc2F)cc(O)c1O. The van der Waals surface area contributed by atoms with Crippen molar-refractivity contribution in [1.29, 1.82) is 0 Å². The summed E-state index contributed by atoms with van der Waals surface area (Å²) in [7, 11) is -1.39. The minimum atomic E-state index is -2.74. The van der Waals surface area contributed by atoms with Gasteiger partial charge in [0.2, 0.25) is 6.43 Å². The van der Waals surface area contributed by atoms with E-state index >= 15 is 0 Å². The predicted octanol–water partition coefficient (Wildman–Crippen LogP) is 6.45. The number of benzene rings is 2.